The Morgan fingerprint density at radius 1 is 0.283 bits per heavy atom. The van der Waals surface area contributed by atoms with Crippen LogP contribution in [0.15, 0.2) is 212 Å². The first-order valence-corrected chi connectivity index (χ1v) is 20.3. The van der Waals surface area contributed by atoms with E-state index in [1.165, 1.54) is 32.6 Å². The second-order valence-electron chi connectivity index (χ2n) is 15.3. The van der Waals surface area contributed by atoms with Crippen molar-refractivity contribution in [2.75, 3.05) is 0 Å². The van der Waals surface area contributed by atoms with Crippen LogP contribution >= 0.6 is 0 Å². The summed E-state index contributed by atoms with van der Waals surface area (Å²) in [7, 11) is 0. The molecule has 280 valence electrons. The number of fused-ring (bicyclic) bond motifs is 8. The van der Waals surface area contributed by atoms with Gasteiger partial charge in [-0.2, -0.15) is 0 Å². The van der Waals surface area contributed by atoms with Gasteiger partial charge in [0, 0.05) is 49.6 Å². The van der Waals surface area contributed by atoms with Gasteiger partial charge in [0.15, 0.2) is 17.5 Å². The van der Waals surface area contributed by atoms with Crippen molar-refractivity contribution >= 4 is 54.4 Å². The first-order valence-electron chi connectivity index (χ1n) is 20.3. The lowest BCUT2D eigenvalue weighted by Crippen LogP contribution is -2.00. The molecular formula is C55H35N5. The van der Waals surface area contributed by atoms with Crippen molar-refractivity contribution < 1.29 is 0 Å². The molecule has 12 rings (SSSR count). The number of hydrogen-bond acceptors (Lipinski definition) is 3. The molecule has 0 atom stereocenters. The number of para-hydroxylation sites is 3. The van der Waals surface area contributed by atoms with Crippen LogP contribution in [0.4, 0.5) is 0 Å². The Labute approximate surface area is 346 Å². The molecule has 0 aliphatic rings. The van der Waals surface area contributed by atoms with Gasteiger partial charge < -0.3 is 9.13 Å². The fourth-order valence-corrected chi connectivity index (χ4v) is 8.96. The van der Waals surface area contributed by atoms with Crippen LogP contribution in [-0.4, -0.2) is 24.1 Å². The minimum Gasteiger partial charge on any atom is -0.309 e. The second-order valence-corrected chi connectivity index (χ2v) is 15.3. The highest BCUT2D eigenvalue weighted by atomic mass is 15.0. The Bertz CT molecular complexity index is 3590. The lowest BCUT2D eigenvalue weighted by molar-refractivity contribution is 1.07. The van der Waals surface area contributed by atoms with Crippen LogP contribution in [0, 0.1) is 0 Å². The highest BCUT2D eigenvalue weighted by Gasteiger charge is 2.21. The van der Waals surface area contributed by atoms with Crippen LogP contribution in [0.25, 0.3) is 111 Å². The van der Waals surface area contributed by atoms with Gasteiger partial charge in [-0.25, -0.2) is 15.0 Å². The first-order chi connectivity index (χ1) is 29.7. The summed E-state index contributed by atoms with van der Waals surface area (Å²) in [6, 6.07) is 75.1. The first kappa shape index (κ1) is 33.9. The third-order valence-corrected chi connectivity index (χ3v) is 11.7. The maximum absolute atomic E-state index is 5.15. The largest absolute Gasteiger partial charge is 0.309 e. The van der Waals surface area contributed by atoms with Gasteiger partial charge in [-0.05, 0) is 76.5 Å². The average Bonchev–Trinajstić information content (AvgIpc) is 3.85. The van der Waals surface area contributed by atoms with Gasteiger partial charge in [0.25, 0.3) is 0 Å². The molecule has 0 aliphatic carbocycles. The molecule has 5 nitrogen and oxygen atoms in total. The minimum atomic E-state index is 0.629. The van der Waals surface area contributed by atoms with Crippen molar-refractivity contribution in [1.82, 2.24) is 24.1 Å². The van der Waals surface area contributed by atoms with E-state index in [4.69, 9.17) is 15.0 Å². The molecule has 0 spiro atoms. The van der Waals surface area contributed by atoms with Crippen LogP contribution < -0.4 is 0 Å². The summed E-state index contributed by atoms with van der Waals surface area (Å²) in [4.78, 5) is 15.3. The Balaban J connectivity index is 1.04. The molecule has 0 saturated heterocycles. The number of nitrogens with zero attached hydrogens (tertiary/aromatic N) is 5. The summed E-state index contributed by atoms with van der Waals surface area (Å²) in [5, 5.41) is 7.18. The van der Waals surface area contributed by atoms with Crippen molar-refractivity contribution in [2.45, 2.75) is 0 Å². The molecular weight excluding hydrogens is 731 g/mol. The molecule has 3 heterocycles. The lowest BCUT2D eigenvalue weighted by atomic mass is 10.0. The van der Waals surface area contributed by atoms with E-state index in [9.17, 15) is 0 Å². The number of aromatic nitrogens is 5. The van der Waals surface area contributed by atoms with E-state index in [2.05, 4.69) is 197 Å². The van der Waals surface area contributed by atoms with E-state index >= 15 is 0 Å². The molecule has 0 aliphatic heterocycles. The fourth-order valence-electron chi connectivity index (χ4n) is 8.96. The van der Waals surface area contributed by atoms with Crippen molar-refractivity contribution in [1.29, 1.82) is 0 Å². The number of benzene rings is 9. The van der Waals surface area contributed by atoms with E-state index in [1.807, 2.05) is 24.3 Å². The van der Waals surface area contributed by atoms with Crippen LogP contribution in [0.3, 0.4) is 0 Å². The van der Waals surface area contributed by atoms with Gasteiger partial charge in [0.05, 0.1) is 22.1 Å². The quantitative estimate of drug-likeness (QED) is 0.169. The average molecular weight is 766 g/mol. The SMILES string of the molecule is c1ccc(-c2cccc(-c3nc(-c4ccccc4)nc(-c4ccc5ccc(-n6c7ccccc7c7c6ccc6c8ccccc8n(-c8ccccc8)c67)cc5c4)n3)c2)cc1. The van der Waals surface area contributed by atoms with Crippen molar-refractivity contribution in [3.8, 4) is 56.7 Å². The second kappa shape index (κ2) is 13.8. The zero-order chi connectivity index (χ0) is 39.6. The van der Waals surface area contributed by atoms with Crippen LogP contribution in [0.5, 0.6) is 0 Å². The number of hydrogen-bond donors (Lipinski definition) is 0. The van der Waals surface area contributed by atoms with E-state index in [1.54, 1.807) is 0 Å². The molecule has 0 radical (unpaired) electrons. The molecule has 9 aromatic carbocycles. The molecule has 0 N–H and O–H groups in total. The van der Waals surface area contributed by atoms with Gasteiger partial charge in [-0.1, -0.05) is 158 Å². The monoisotopic (exact) mass is 765 g/mol. The summed E-state index contributed by atoms with van der Waals surface area (Å²) < 4.78 is 4.85. The van der Waals surface area contributed by atoms with Gasteiger partial charge in [-0.3, -0.25) is 0 Å². The predicted molar refractivity (Wildman–Crippen MR) is 248 cm³/mol. The molecule has 0 amide bonds. The van der Waals surface area contributed by atoms with Gasteiger partial charge >= 0.3 is 0 Å². The standard InChI is InChI=1S/C55H35N5/c1-4-15-36(16-5-1)39-19-14-20-40(33-39)54-56-53(38-17-6-2-7-18-38)57-55(58-54)41-28-27-37-29-30-44(35-42(37)34-41)59-49-26-13-11-24-47(49)51-50(59)32-31-46-45-23-10-12-25-48(45)60(52(46)51)43-21-8-3-9-22-43/h1-35H. The topological polar surface area (TPSA) is 48.5 Å². The molecule has 60 heavy (non-hydrogen) atoms. The predicted octanol–water partition coefficient (Wildman–Crippen LogP) is 13.9. The van der Waals surface area contributed by atoms with Gasteiger partial charge in [-0.15, -0.1) is 0 Å². The van der Waals surface area contributed by atoms with E-state index in [0.29, 0.717) is 17.5 Å². The fraction of sp³-hybridized carbons (Fsp3) is 0. The Kier molecular flexibility index (Phi) is 7.78. The van der Waals surface area contributed by atoms with Crippen molar-refractivity contribution in [3.05, 3.63) is 212 Å². The van der Waals surface area contributed by atoms with Gasteiger partial charge in [0.2, 0.25) is 0 Å². The van der Waals surface area contributed by atoms with E-state index in [0.717, 1.165) is 61.0 Å². The summed E-state index contributed by atoms with van der Waals surface area (Å²) >= 11 is 0. The van der Waals surface area contributed by atoms with E-state index < -0.39 is 0 Å². The maximum Gasteiger partial charge on any atom is 0.164 e. The van der Waals surface area contributed by atoms with Crippen LogP contribution in [0.1, 0.15) is 0 Å². The lowest BCUT2D eigenvalue weighted by Gasteiger charge is -2.12. The molecule has 0 bridgehead atoms. The van der Waals surface area contributed by atoms with Crippen LogP contribution in [0.2, 0.25) is 0 Å². The Hall–Kier alpha value is -8.15. The Morgan fingerprint density at radius 3 is 1.60 bits per heavy atom. The highest BCUT2D eigenvalue weighted by molar-refractivity contribution is 6.26. The minimum absolute atomic E-state index is 0.629. The highest BCUT2D eigenvalue weighted by Crippen LogP contribution is 2.42. The van der Waals surface area contributed by atoms with Gasteiger partial charge in [0.1, 0.15) is 0 Å². The molecule has 5 heteroatoms. The van der Waals surface area contributed by atoms with Crippen LogP contribution in [-0.2, 0) is 0 Å². The summed E-state index contributed by atoms with van der Waals surface area (Å²) in [6.45, 7) is 0. The Morgan fingerprint density at radius 2 is 0.850 bits per heavy atom. The molecule has 0 fully saturated rings. The summed E-state index contributed by atoms with van der Waals surface area (Å²) in [6.07, 6.45) is 0. The molecule has 12 aromatic rings. The maximum atomic E-state index is 5.15. The van der Waals surface area contributed by atoms with Crippen molar-refractivity contribution in [3.63, 3.8) is 0 Å². The smallest absolute Gasteiger partial charge is 0.164 e. The third kappa shape index (κ3) is 5.52. The molecule has 3 aromatic heterocycles. The zero-order valence-corrected chi connectivity index (χ0v) is 32.4. The molecule has 0 saturated carbocycles. The van der Waals surface area contributed by atoms with E-state index in [-0.39, 0.29) is 0 Å². The van der Waals surface area contributed by atoms with Crippen molar-refractivity contribution in [2.24, 2.45) is 0 Å². The molecule has 0 unspecified atom stereocenters. The summed E-state index contributed by atoms with van der Waals surface area (Å²) in [5.74, 6) is 1.90. The zero-order valence-electron chi connectivity index (χ0n) is 32.4. The summed E-state index contributed by atoms with van der Waals surface area (Å²) in [5.41, 5.74) is 12.0. The third-order valence-electron chi connectivity index (χ3n) is 11.7. The number of rotatable bonds is 6. The normalized spacial score (nSPS) is 11.7.